The van der Waals surface area contributed by atoms with E-state index >= 15 is 0 Å². The van der Waals surface area contributed by atoms with Gasteiger partial charge in [-0.2, -0.15) is 9.57 Å². The Labute approximate surface area is 127 Å². The van der Waals surface area contributed by atoms with E-state index in [-0.39, 0.29) is 10.8 Å². The first-order chi connectivity index (χ1) is 9.48. The van der Waals surface area contributed by atoms with E-state index in [1.807, 2.05) is 0 Å². The maximum absolute atomic E-state index is 12.5. The summed E-state index contributed by atoms with van der Waals surface area (Å²) in [6, 6.07) is 6.90. The highest BCUT2D eigenvalue weighted by Crippen LogP contribution is 2.30. The van der Waals surface area contributed by atoms with E-state index in [1.54, 1.807) is 12.1 Å². The molecule has 0 spiro atoms. The molecule has 1 fully saturated rings. The third-order valence-corrected chi connectivity index (χ3v) is 5.91. The average molecular weight is 359 g/mol. The largest absolute Gasteiger partial charge is 0.496 e. The number of sulfonamides is 1. The van der Waals surface area contributed by atoms with Crippen LogP contribution in [0.25, 0.3) is 0 Å². The summed E-state index contributed by atoms with van der Waals surface area (Å²) in [5, 5.41) is 8.85. The van der Waals surface area contributed by atoms with Crippen LogP contribution in [0, 0.1) is 17.2 Å². The molecule has 108 valence electrons. The minimum absolute atomic E-state index is 0.0379. The summed E-state index contributed by atoms with van der Waals surface area (Å²) in [7, 11) is -1.97. The van der Waals surface area contributed by atoms with Gasteiger partial charge in [-0.1, -0.05) is 0 Å². The number of hydrogen-bond acceptors (Lipinski definition) is 4. The molecule has 0 radical (unpaired) electrons. The van der Waals surface area contributed by atoms with Gasteiger partial charge in [-0.15, -0.1) is 0 Å². The van der Waals surface area contributed by atoms with Crippen LogP contribution in [0.4, 0.5) is 0 Å². The van der Waals surface area contributed by atoms with E-state index in [4.69, 9.17) is 10.00 Å². The summed E-state index contributed by atoms with van der Waals surface area (Å²) in [5.41, 5.74) is 0. The van der Waals surface area contributed by atoms with Crippen molar-refractivity contribution >= 4 is 26.0 Å². The Morgan fingerprint density at radius 2 is 2.05 bits per heavy atom. The van der Waals surface area contributed by atoms with Gasteiger partial charge in [0.25, 0.3) is 0 Å². The predicted molar refractivity (Wildman–Crippen MR) is 77.8 cm³/mol. The first-order valence-electron chi connectivity index (χ1n) is 6.22. The first kappa shape index (κ1) is 15.3. The van der Waals surface area contributed by atoms with E-state index in [2.05, 4.69) is 22.0 Å². The van der Waals surface area contributed by atoms with Gasteiger partial charge in [-0.25, -0.2) is 8.42 Å². The zero-order valence-corrected chi connectivity index (χ0v) is 13.4. The van der Waals surface area contributed by atoms with Gasteiger partial charge >= 0.3 is 0 Å². The molecule has 0 atom stereocenters. The van der Waals surface area contributed by atoms with Gasteiger partial charge in [-0.05, 0) is 47.0 Å². The summed E-state index contributed by atoms with van der Waals surface area (Å²) in [6.45, 7) is 0.786. The number of ether oxygens (including phenoxy) is 1. The lowest BCUT2D eigenvalue weighted by Crippen LogP contribution is -2.38. The lowest BCUT2D eigenvalue weighted by Gasteiger charge is -2.28. The van der Waals surface area contributed by atoms with Crippen molar-refractivity contribution in [3.8, 4) is 11.8 Å². The second kappa shape index (κ2) is 6.12. The zero-order valence-electron chi connectivity index (χ0n) is 11.0. The van der Waals surface area contributed by atoms with Crippen LogP contribution in [0.1, 0.15) is 12.8 Å². The summed E-state index contributed by atoms with van der Waals surface area (Å²) in [4.78, 5) is 0.237. The lowest BCUT2D eigenvalue weighted by molar-refractivity contribution is 0.310. The number of piperidine rings is 1. The molecule has 1 saturated heterocycles. The second-order valence-electron chi connectivity index (χ2n) is 4.60. The maximum atomic E-state index is 12.5. The molecule has 5 nitrogen and oxygen atoms in total. The number of hydrogen-bond donors (Lipinski definition) is 0. The van der Waals surface area contributed by atoms with Crippen LogP contribution >= 0.6 is 15.9 Å². The molecular weight excluding hydrogens is 344 g/mol. The molecule has 1 aromatic rings. The minimum Gasteiger partial charge on any atom is -0.496 e. The number of rotatable bonds is 3. The van der Waals surface area contributed by atoms with Crippen molar-refractivity contribution in [1.29, 1.82) is 5.26 Å². The molecule has 0 bridgehead atoms. The highest BCUT2D eigenvalue weighted by Gasteiger charge is 2.29. The van der Waals surface area contributed by atoms with Crippen LogP contribution in [-0.4, -0.2) is 32.9 Å². The fraction of sp³-hybridized carbons (Fsp3) is 0.462. The molecular formula is C13H15BrN2O3S. The highest BCUT2D eigenvalue weighted by atomic mass is 79.9. The maximum Gasteiger partial charge on any atom is 0.243 e. The molecule has 1 aromatic carbocycles. The van der Waals surface area contributed by atoms with Crippen molar-refractivity contribution in [2.45, 2.75) is 17.7 Å². The van der Waals surface area contributed by atoms with Crippen LogP contribution in [-0.2, 0) is 10.0 Å². The summed E-state index contributed by atoms with van der Waals surface area (Å²) in [5.74, 6) is 0.552. The van der Waals surface area contributed by atoms with Crippen LogP contribution in [0.3, 0.4) is 0 Å². The molecule has 0 saturated carbocycles. The van der Waals surface area contributed by atoms with Crippen molar-refractivity contribution < 1.29 is 13.2 Å². The van der Waals surface area contributed by atoms with Crippen molar-refractivity contribution in [1.82, 2.24) is 4.31 Å². The van der Waals surface area contributed by atoms with E-state index in [0.717, 1.165) is 0 Å². The van der Waals surface area contributed by atoms with E-state index in [1.165, 1.54) is 17.5 Å². The molecule has 0 aromatic heterocycles. The normalized spacial score (nSPS) is 17.6. The van der Waals surface area contributed by atoms with Crippen LogP contribution in [0.5, 0.6) is 5.75 Å². The molecule has 1 heterocycles. The molecule has 1 aliphatic heterocycles. The van der Waals surface area contributed by atoms with Crippen molar-refractivity contribution in [3.05, 3.63) is 22.7 Å². The Morgan fingerprint density at radius 1 is 1.40 bits per heavy atom. The minimum atomic E-state index is -3.50. The van der Waals surface area contributed by atoms with E-state index in [9.17, 15) is 8.42 Å². The topological polar surface area (TPSA) is 70.4 Å². The number of nitrogens with zero attached hydrogens (tertiary/aromatic N) is 2. The Morgan fingerprint density at radius 3 is 2.55 bits per heavy atom. The smallest absolute Gasteiger partial charge is 0.243 e. The van der Waals surface area contributed by atoms with Crippen molar-refractivity contribution in [2.24, 2.45) is 5.92 Å². The molecule has 0 amide bonds. The predicted octanol–water partition coefficient (Wildman–Crippen LogP) is 2.38. The standard InChI is InChI=1S/C13H15BrN2O3S/c1-19-13-3-2-11(8-12(13)14)20(17,18)16-6-4-10(9-15)5-7-16/h2-3,8,10H,4-7H2,1H3. The molecule has 2 rings (SSSR count). The van der Waals surface area contributed by atoms with Gasteiger partial charge in [0, 0.05) is 19.0 Å². The Kier molecular flexibility index (Phi) is 4.68. The number of benzene rings is 1. The van der Waals surface area contributed by atoms with Crippen LogP contribution < -0.4 is 4.74 Å². The molecule has 7 heteroatoms. The van der Waals surface area contributed by atoms with Crippen molar-refractivity contribution in [2.75, 3.05) is 20.2 Å². The fourth-order valence-electron chi connectivity index (χ4n) is 2.18. The van der Waals surface area contributed by atoms with E-state index < -0.39 is 10.0 Å². The molecule has 0 unspecified atom stereocenters. The molecule has 0 aliphatic carbocycles. The van der Waals surface area contributed by atoms with Gasteiger partial charge in [0.2, 0.25) is 10.0 Å². The van der Waals surface area contributed by atoms with Gasteiger partial charge in [0.15, 0.2) is 0 Å². The monoisotopic (exact) mass is 358 g/mol. The lowest BCUT2D eigenvalue weighted by atomic mass is 10.0. The van der Waals surface area contributed by atoms with Crippen molar-refractivity contribution in [3.63, 3.8) is 0 Å². The number of methoxy groups -OCH3 is 1. The fourth-order valence-corrected chi connectivity index (χ4v) is 4.37. The third kappa shape index (κ3) is 2.97. The number of nitriles is 1. The van der Waals surface area contributed by atoms with Crippen LogP contribution in [0.2, 0.25) is 0 Å². The Hall–Kier alpha value is -1.10. The molecule has 20 heavy (non-hydrogen) atoms. The number of halogens is 1. The average Bonchev–Trinajstić information content (AvgIpc) is 2.47. The van der Waals surface area contributed by atoms with E-state index in [0.29, 0.717) is 36.2 Å². The third-order valence-electron chi connectivity index (χ3n) is 3.40. The highest BCUT2D eigenvalue weighted by molar-refractivity contribution is 9.10. The zero-order chi connectivity index (χ0) is 14.8. The Balaban J connectivity index is 2.23. The van der Waals surface area contributed by atoms with Gasteiger partial charge in [-0.3, -0.25) is 0 Å². The molecule has 1 aliphatic rings. The summed E-state index contributed by atoms with van der Waals surface area (Å²) >= 11 is 3.29. The van der Waals surface area contributed by atoms with Gasteiger partial charge < -0.3 is 4.74 Å². The molecule has 0 N–H and O–H groups in total. The van der Waals surface area contributed by atoms with Gasteiger partial charge in [0.05, 0.1) is 22.5 Å². The Bertz CT molecular complexity index is 632. The second-order valence-corrected chi connectivity index (χ2v) is 7.40. The van der Waals surface area contributed by atoms with Crippen LogP contribution in [0.15, 0.2) is 27.6 Å². The first-order valence-corrected chi connectivity index (χ1v) is 8.45. The van der Waals surface area contributed by atoms with Gasteiger partial charge in [0.1, 0.15) is 5.75 Å². The summed E-state index contributed by atoms with van der Waals surface area (Å²) < 4.78 is 32.2. The quantitative estimate of drug-likeness (QED) is 0.831. The SMILES string of the molecule is COc1ccc(S(=O)(=O)N2CCC(C#N)CC2)cc1Br. The summed E-state index contributed by atoms with van der Waals surface area (Å²) in [6.07, 6.45) is 1.18.